The topological polar surface area (TPSA) is 69.7 Å². The fourth-order valence-corrected chi connectivity index (χ4v) is 3.94. The molecule has 2 saturated heterocycles. The monoisotopic (exact) mass is 471 g/mol. The molecule has 6 nitrogen and oxygen atoms in total. The molecule has 2 aromatic rings. The zero-order chi connectivity index (χ0) is 21.4. The highest BCUT2D eigenvalue weighted by atomic mass is 79.9. The molecule has 154 valence electrons. The van der Waals surface area contributed by atoms with Crippen molar-refractivity contribution >= 4 is 51.2 Å². The fraction of sp³-hybridized carbons (Fsp3) is 0.227. The van der Waals surface area contributed by atoms with Crippen LogP contribution in [0.3, 0.4) is 0 Å². The Balaban J connectivity index is 1.70. The van der Waals surface area contributed by atoms with E-state index in [9.17, 15) is 18.8 Å². The third-order valence-electron chi connectivity index (χ3n) is 5.27. The van der Waals surface area contributed by atoms with Crippen LogP contribution in [0.25, 0.3) is 6.08 Å². The number of anilines is 2. The van der Waals surface area contributed by atoms with Gasteiger partial charge in [0.15, 0.2) is 0 Å². The van der Waals surface area contributed by atoms with Crippen molar-refractivity contribution in [2.24, 2.45) is 0 Å². The Bertz CT molecular complexity index is 1080. The van der Waals surface area contributed by atoms with E-state index in [1.807, 2.05) is 4.90 Å². The summed E-state index contributed by atoms with van der Waals surface area (Å²) < 4.78 is 15.5. The SMILES string of the molecule is Cc1cc(N2CCCC2)c(F)cc1C=C1C(=O)NC(=O)N(c2ccc(Br)cc2)C1=O. The van der Waals surface area contributed by atoms with Gasteiger partial charge in [-0.05, 0) is 73.4 Å². The summed E-state index contributed by atoms with van der Waals surface area (Å²) in [5.74, 6) is -1.96. The number of carbonyl (C=O) groups is 3. The van der Waals surface area contributed by atoms with E-state index in [1.165, 1.54) is 12.1 Å². The average molecular weight is 472 g/mol. The highest BCUT2D eigenvalue weighted by Crippen LogP contribution is 2.29. The molecule has 2 aliphatic rings. The Morgan fingerprint density at radius 1 is 1.07 bits per heavy atom. The van der Waals surface area contributed by atoms with Crippen molar-refractivity contribution in [3.05, 3.63) is 63.4 Å². The van der Waals surface area contributed by atoms with E-state index in [0.717, 1.165) is 40.9 Å². The lowest BCUT2D eigenvalue weighted by atomic mass is 10.0. The standard InChI is InChI=1S/C22H19BrFN3O3/c1-13-10-19(26-8-2-3-9-26)18(24)12-14(13)11-17-20(28)25-22(30)27(21(17)29)16-6-4-15(23)5-7-16/h4-7,10-12H,2-3,8-9H2,1H3,(H,25,28,30). The summed E-state index contributed by atoms with van der Waals surface area (Å²) in [7, 11) is 0. The van der Waals surface area contributed by atoms with Crippen molar-refractivity contribution in [3.63, 3.8) is 0 Å². The molecular weight excluding hydrogens is 453 g/mol. The van der Waals surface area contributed by atoms with Crippen molar-refractivity contribution in [2.75, 3.05) is 22.9 Å². The number of barbiturate groups is 1. The molecule has 2 heterocycles. The molecule has 0 unspecified atom stereocenters. The summed E-state index contributed by atoms with van der Waals surface area (Å²) in [5, 5.41) is 2.18. The Morgan fingerprint density at radius 2 is 1.73 bits per heavy atom. The third-order valence-corrected chi connectivity index (χ3v) is 5.80. The van der Waals surface area contributed by atoms with E-state index in [0.29, 0.717) is 16.9 Å². The van der Waals surface area contributed by atoms with Gasteiger partial charge in [0.25, 0.3) is 11.8 Å². The largest absolute Gasteiger partial charge is 0.369 e. The first-order chi connectivity index (χ1) is 14.3. The van der Waals surface area contributed by atoms with Crippen LogP contribution in [-0.2, 0) is 9.59 Å². The number of imide groups is 2. The maximum absolute atomic E-state index is 14.7. The number of amides is 4. The van der Waals surface area contributed by atoms with Crippen molar-refractivity contribution in [3.8, 4) is 0 Å². The zero-order valence-corrected chi connectivity index (χ0v) is 17.8. The predicted molar refractivity (Wildman–Crippen MR) is 116 cm³/mol. The number of aryl methyl sites for hydroxylation is 1. The number of carbonyl (C=O) groups excluding carboxylic acids is 3. The van der Waals surface area contributed by atoms with E-state index < -0.39 is 23.7 Å². The first-order valence-electron chi connectivity index (χ1n) is 9.57. The second-order valence-corrected chi connectivity index (χ2v) is 8.20. The molecule has 1 N–H and O–H groups in total. The molecule has 2 aromatic carbocycles. The number of nitrogens with zero attached hydrogens (tertiary/aromatic N) is 2. The molecular formula is C22H19BrFN3O3. The van der Waals surface area contributed by atoms with Crippen molar-refractivity contribution in [2.45, 2.75) is 19.8 Å². The maximum Gasteiger partial charge on any atom is 0.335 e. The van der Waals surface area contributed by atoms with Crippen LogP contribution < -0.4 is 15.1 Å². The van der Waals surface area contributed by atoms with E-state index in [1.54, 1.807) is 37.3 Å². The molecule has 0 aliphatic carbocycles. The van der Waals surface area contributed by atoms with E-state index >= 15 is 0 Å². The number of nitrogens with one attached hydrogen (secondary N) is 1. The number of urea groups is 1. The third kappa shape index (κ3) is 3.75. The molecule has 0 aromatic heterocycles. The Morgan fingerprint density at radius 3 is 2.40 bits per heavy atom. The summed E-state index contributed by atoms with van der Waals surface area (Å²) in [6.07, 6.45) is 3.39. The molecule has 2 fully saturated rings. The van der Waals surface area contributed by atoms with Crippen LogP contribution in [0.4, 0.5) is 20.6 Å². The van der Waals surface area contributed by atoms with Gasteiger partial charge < -0.3 is 4.90 Å². The van der Waals surface area contributed by atoms with E-state index in [4.69, 9.17) is 0 Å². The molecule has 4 amide bonds. The molecule has 0 radical (unpaired) electrons. The molecule has 0 bridgehead atoms. The molecule has 30 heavy (non-hydrogen) atoms. The second kappa shape index (κ2) is 8.02. The highest BCUT2D eigenvalue weighted by Gasteiger charge is 2.37. The van der Waals surface area contributed by atoms with Gasteiger partial charge in [-0.2, -0.15) is 0 Å². The van der Waals surface area contributed by atoms with Gasteiger partial charge in [-0.15, -0.1) is 0 Å². The first kappa shape index (κ1) is 20.3. The van der Waals surface area contributed by atoms with Crippen molar-refractivity contribution in [1.29, 1.82) is 0 Å². The van der Waals surface area contributed by atoms with Crippen LogP contribution in [0, 0.1) is 12.7 Å². The molecule has 4 rings (SSSR count). The summed E-state index contributed by atoms with van der Waals surface area (Å²) >= 11 is 3.30. The van der Waals surface area contributed by atoms with Gasteiger partial charge in [0, 0.05) is 17.6 Å². The molecule has 8 heteroatoms. The molecule has 0 saturated carbocycles. The summed E-state index contributed by atoms with van der Waals surface area (Å²) in [4.78, 5) is 40.5. The fourth-order valence-electron chi connectivity index (χ4n) is 3.68. The zero-order valence-electron chi connectivity index (χ0n) is 16.2. The summed E-state index contributed by atoms with van der Waals surface area (Å²) in [5.41, 5.74) is 1.77. The molecule has 0 atom stereocenters. The number of hydrogen-bond donors (Lipinski definition) is 1. The minimum Gasteiger partial charge on any atom is -0.369 e. The van der Waals surface area contributed by atoms with Crippen LogP contribution in [-0.4, -0.2) is 30.9 Å². The van der Waals surface area contributed by atoms with Gasteiger partial charge in [-0.25, -0.2) is 14.1 Å². The quantitative estimate of drug-likeness (QED) is 0.538. The van der Waals surface area contributed by atoms with Crippen LogP contribution in [0.15, 0.2) is 46.4 Å². The normalized spacial score (nSPS) is 18.4. The smallest absolute Gasteiger partial charge is 0.335 e. The van der Waals surface area contributed by atoms with Crippen LogP contribution in [0.2, 0.25) is 0 Å². The van der Waals surface area contributed by atoms with Gasteiger partial charge in [-0.3, -0.25) is 14.9 Å². The minimum absolute atomic E-state index is 0.228. The Kier molecular flexibility index (Phi) is 5.42. The molecule has 2 aliphatic heterocycles. The van der Waals surface area contributed by atoms with Gasteiger partial charge in [0.05, 0.1) is 11.4 Å². The number of hydrogen-bond acceptors (Lipinski definition) is 4. The second-order valence-electron chi connectivity index (χ2n) is 7.29. The van der Waals surface area contributed by atoms with Gasteiger partial charge in [-0.1, -0.05) is 15.9 Å². The lowest BCUT2D eigenvalue weighted by Crippen LogP contribution is -2.54. The number of benzene rings is 2. The average Bonchev–Trinajstić information content (AvgIpc) is 3.23. The molecule has 0 spiro atoms. The van der Waals surface area contributed by atoms with E-state index in [-0.39, 0.29) is 5.57 Å². The van der Waals surface area contributed by atoms with E-state index in [2.05, 4.69) is 21.2 Å². The number of rotatable bonds is 3. The van der Waals surface area contributed by atoms with Crippen LogP contribution >= 0.6 is 15.9 Å². The van der Waals surface area contributed by atoms with Crippen molar-refractivity contribution < 1.29 is 18.8 Å². The highest BCUT2D eigenvalue weighted by molar-refractivity contribution is 9.10. The lowest BCUT2D eigenvalue weighted by Gasteiger charge is -2.26. The Hall–Kier alpha value is -3.00. The Labute approximate surface area is 181 Å². The van der Waals surface area contributed by atoms with Gasteiger partial charge in [0.1, 0.15) is 11.4 Å². The number of halogens is 2. The lowest BCUT2D eigenvalue weighted by molar-refractivity contribution is -0.122. The minimum atomic E-state index is -0.822. The van der Waals surface area contributed by atoms with Crippen LogP contribution in [0.1, 0.15) is 24.0 Å². The van der Waals surface area contributed by atoms with Gasteiger partial charge >= 0.3 is 6.03 Å². The summed E-state index contributed by atoms with van der Waals surface area (Å²) in [6, 6.07) is 8.79. The maximum atomic E-state index is 14.7. The first-order valence-corrected chi connectivity index (χ1v) is 10.4. The van der Waals surface area contributed by atoms with Gasteiger partial charge in [0.2, 0.25) is 0 Å². The predicted octanol–water partition coefficient (Wildman–Crippen LogP) is 4.16. The van der Waals surface area contributed by atoms with Crippen molar-refractivity contribution in [1.82, 2.24) is 5.32 Å². The van der Waals surface area contributed by atoms with Crippen LogP contribution in [0.5, 0.6) is 0 Å². The summed E-state index contributed by atoms with van der Waals surface area (Å²) in [6.45, 7) is 3.41.